The van der Waals surface area contributed by atoms with Crippen LogP contribution in [0.2, 0.25) is 0 Å². The van der Waals surface area contributed by atoms with Gasteiger partial charge in [-0.25, -0.2) is 13.6 Å². The minimum atomic E-state index is -3.70. The Morgan fingerprint density at radius 3 is 2.22 bits per heavy atom. The average molecular weight is 340 g/mol. The van der Waals surface area contributed by atoms with E-state index >= 15 is 0 Å². The van der Waals surface area contributed by atoms with E-state index in [0.29, 0.717) is 12.1 Å². The van der Waals surface area contributed by atoms with E-state index < -0.39 is 10.0 Å². The molecule has 3 N–H and O–H groups in total. The molecule has 1 aromatic rings. The van der Waals surface area contributed by atoms with Crippen molar-refractivity contribution in [3.8, 4) is 0 Å². The van der Waals surface area contributed by atoms with E-state index in [1.165, 1.54) is 24.3 Å². The molecule has 7 nitrogen and oxygen atoms in total. The van der Waals surface area contributed by atoms with Gasteiger partial charge in [-0.05, 0) is 30.8 Å². The van der Waals surface area contributed by atoms with E-state index in [9.17, 15) is 13.2 Å². The number of carbonyl (C=O) groups excluding carboxylic acids is 1. The van der Waals surface area contributed by atoms with Crippen LogP contribution in [0.3, 0.4) is 0 Å². The lowest BCUT2D eigenvalue weighted by molar-refractivity contribution is -0.116. The van der Waals surface area contributed by atoms with Crippen molar-refractivity contribution in [2.75, 3.05) is 44.6 Å². The summed E-state index contributed by atoms with van der Waals surface area (Å²) in [7, 11) is -3.70. The lowest BCUT2D eigenvalue weighted by atomic mass is 10.2. The van der Waals surface area contributed by atoms with Crippen LogP contribution in [0.15, 0.2) is 29.2 Å². The highest BCUT2D eigenvalue weighted by molar-refractivity contribution is 7.89. The molecule has 1 saturated heterocycles. The predicted octanol–water partition coefficient (Wildman–Crippen LogP) is 0.300. The summed E-state index contributed by atoms with van der Waals surface area (Å²) in [6, 6.07) is 5.85. The van der Waals surface area contributed by atoms with Gasteiger partial charge in [0, 0.05) is 44.8 Å². The van der Waals surface area contributed by atoms with Crippen LogP contribution in [-0.2, 0) is 14.8 Å². The van der Waals surface area contributed by atoms with Crippen LogP contribution in [0, 0.1) is 0 Å². The van der Waals surface area contributed by atoms with Crippen molar-refractivity contribution in [2.24, 2.45) is 5.14 Å². The zero-order chi connectivity index (χ0) is 16.9. The first kappa shape index (κ1) is 17.9. The number of nitrogens with zero attached hydrogens (tertiary/aromatic N) is 2. The fraction of sp³-hybridized carbons (Fsp3) is 0.533. The van der Waals surface area contributed by atoms with Gasteiger partial charge in [0.2, 0.25) is 15.9 Å². The van der Waals surface area contributed by atoms with Crippen molar-refractivity contribution in [3.05, 3.63) is 24.3 Å². The molecule has 1 heterocycles. The van der Waals surface area contributed by atoms with Gasteiger partial charge in [0.1, 0.15) is 0 Å². The molecule has 1 aliphatic rings. The summed E-state index contributed by atoms with van der Waals surface area (Å²) < 4.78 is 22.3. The number of amides is 1. The number of hydrogen-bond acceptors (Lipinski definition) is 5. The number of nitrogens with two attached hydrogens (primary N) is 1. The third-order valence-electron chi connectivity index (χ3n) is 4.03. The van der Waals surface area contributed by atoms with E-state index in [0.717, 1.165) is 39.3 Å². The standard InChI is InChI=1S/C15H24N4O3S/c1-2-18-9-11-19(12-10-18)8-7-15(20)17-13-3-5-14(6-4-13)23(16,21)22/h3-6H,2,7-12H2,1H3,(H,17,20)(H2,16,21,22). The quantitative estimate of drug-likeness (QED) is 0.776. The third kappa shape index (κ3) is 5.58. The third-order valence-corrected chi connectivity index (χ3v) is 4.96. The van der Waals surface area contributed by atoms with Crippen molar-refractivity contribution in [3.63, 3.8) is 0 Å². The first-order chi connectivity index (χ1) is 10.9. The summed E-state index contributed by atoms with van der Waals surface area (Å²) in [6.07, 6.45) is 0.420. The Morgan fingerprint density at radius 1 is 1.13 bits per heavy atom. The van der Waals surface area contributed by atoms with Gasteiger partial charge in [-0.3, -0.25) is 4.79 Å². The highest BCUT2D eigenvalue weighted by Gasteiger charge is 2.16. The maximum Gasteiger partial charge on any atom is 0.238 e. The van der Waals surface area contributed by atoms with E-state index in [-0.39, 0.29) is 10.8 Å². The number of hydrogen-bond donors (Lipinski definition) is 2. The second kappa shape index (κ2) is 7.87. The van der Waals surface area contributed by atoms with E-state index in [1.54, 1.807) is 0 Å². The summed E-state index contributed by atoms with van der Waals surface area (Å²) in [5.74, 6) is -0.0775. The summed E-state index contributed by atoms with van der Waals surface area (Å²) in [4.78, 5) is 16.7. The van der Waals surface area contributed by atoms with Crippen molar-refractivity contribution in [1.82, 2.24) is 9.80 Å². The Bertz CT molecular complexity index is 623. The molecule has 0 aliphatic carbocycles. The van der Waals surface area contributed by atoms with Crippen LogP contribution < -0.4 is 10.5 Å². The number of anilines is 1. The average Bonchev–Trinajstić information content (AvgIpc) is 2.53. The molecule has 128 valence electrons. The number of rotatable bonds is 6. The maximum atomic E-state index is 12.0. The van der Waals surface area contributed by atoms with Crippen molar-refractivity contribution in [2.45, 2.75) is 18.2 Å². The highest BCUT2D eigenvalue weighted by Crippen LogP contribution is 2.13. The molecular formula is C15H24N4O3S. The fourth-order valence-electron chi connectivity index (χ4n) is 2.54. The van der Waals surface area contributed by atoms with Gasteiger partial charge in [0.05, 0.1) is 4.90 Å². The number of piperazine rings is 1. The van der Waals surface area contributed by atoms with Crippen LogP contribution in [0.4, 0.5) is 5.69 Å². The van der Waals surface area contributed by atoms with Crippen LogP contribution in [0.1, 0.15) is 13.3 Å². The number of carbonyl (C=O) groups is 1. The van der Waals surface area contributed by atoms with Gasteiger partial charge in [0.15, 0.2) is 0 Å². The summed E-state index contributed by atoms with van der Waals surface area (Å²) >= 11 is 0. The smallest absolute Gasteiger partial charge is 0.238 e. The molecule has 0 aromatic heterocycles. The Kier molecular flexibility index (Phi) is 6.11. The molecule has 0 radical (unpaired) electrons. The minimum Gasteiger partial charge on any atom is -0.326 e. The Balaban J connectivity index is 1.77. The molecule has 1 aromatic carbocycles. The lowest BCUT2D eigenvalue weighted by Crippen LogP contribution is -2.46. The zero-order valence-electron chi connectivity index (χ0n) is 13.4. The molecule has 0 saturated carbocycles. The van der Waals surface area contributed by atoms with E-state index in [1.807, 2.05) is 0 Å². The largest absolute Gasteiger partial charge is 0.326 e. The molecular weight excluding hydrogens is 316 g/mol. The molecule has 0 atom stereocenters. The SMILES string of the molecule is CCN1CCN(CCC(=O)Nc2ccc(S(N)(=O)=O)cc2)CC1. The predicted molar refractivity (Wildman–Crippen MR) is 89.6 cm³/mol. The highest BCUT2D eigenvalue weighted by atomic mass is 32.2. The number of benzene rings is 1. The monoisotopic (exact) mass is 340 g/mol. The van der Waals surface area contributed by atoms with Gasteiger partial charge < -0.3 is 15.1 Å². The maximum absolute atomic E-state index is 12.0. The number of likely N-dealkylation sites (N-methyl/N-ethyl adjacent to an activating group) is 1. The number of primary sulfonamides is 1. The molecule has 1 fully saturated rings. The van der Waals surface area contributed by atoms with Crippen LogP contribution in [0.5, 0.6) is 0 Å². The van der Waals surface area contributed by atoms with Crippen molar-refractivity contribution >= 4 is 21.6 Å². The summed E-state index contributed by atoms with van der Waals surface area (Å²) in [5, 5.41) is 7.80. The lowest BCUT2D eigenvalue weighted by Gasteiger charge is -2.33. The summed E-state index contributed by atoms with van der Waals surface area (Å²) in [5.41, 5.74) is 0.568. The molecule has 23 heavy (non-hydrogen) atoms. The van der Waals surface area contributed by atoms with Crippen molar-refractivity contribution < 1.29 is 13.2 Å². The van der Waals surface area contributed by atoms with Gasteiger partial charge in [-0.1, -0.05) is 6.92 Å². The number of sulfonamides is 1. The summed E-state index contributed by atoms with van der Waals surface area (Å²) in [6.45, 7) is 8.04. The van der Waals surface area contributed by atoms with Gasteiger partial charge in [0.25, 0.3) is 0 Å². The van der Waals surface area contributed by atoms with Gasteiger partial charge in [-0.2, -0.15) is 0 Å². The van der Waals surface area contributed by atoms with E-state index in [2.05, 4.69) is 22.0 Å². The minimum absolute atomic E-state index is 0.0318. The van der Waals surface area contributed by atoms with Gasteiger partial charge in [-0.15, -0.1) is 0 Å². The van der Waals surface area contributed by atoms with Crippen LogP contribution in [-0.4, -0.2) is 63.4 Å². The molecule has 1 amide bonds. The first-order valence-corrected chi connectivity index (χ1v) is 9.30. The molecule has 0 unspecified atom stereocenters. The van der Waals surface area contributed by atoms with Crippen LogP contribution in [0.25, 0.3) is 0 Å². The Hall–Kier alpha value is -1.48. The normalized spacial score (nSPS) is 17.1. The number of nitrogens with one attached hydrogen (secondary N) is 1. The Labute approximate surface area is 137 Å². The first-order valence-electron chi connectivity index (χ1n) is 7.76. The Morgan fingerprint density at radius 2 is 1.70 bits per heavy atom. The van der Waals surface area contributed by atoms with E-state index in [4.69, 9.17) is 5.14 Å². The van der Waals surface area contributed by atoms with Gasteiger partial charge >= 0.3 is 0 Å². The molecule has 2 rings (SSSR count). The molecule has 1 aliphatic heterocycles. The molecule has 8 heteroatoms. The second-order valence-electron chi connectivity index (χ2n) is 5.64. The topological polar surface area (TPSA) is 95.7 Å². The van der Waals surface area contributed by atoms with Crippen molar-refractivity contribution in [1.29, 1.82) is 0 Å². The second-order valence-corrected chi connectivity index (χ2v) is 7.20. The zero-order valence-corrected chi connectivity index (χ0v) is 14.2. The fourth-order valence-corrected chi connectivity index (χ4v) is 3.06. The molecule has 0 spiro atoms. The van der Waals surface area contributed by atoms with Crippen LogP contribution >= 0.6 is 0 Å². The molecule has 0 bridgehead atoms.